The Labute approximate surface area is 79.7 Å². The van der Waals surface area contributed by atoms with Gasteiger partial charge < -0.3 is 5.73 Å². The summed E-state index contributed by atoms with van der Waals surface area (Å²) in [6.45, 7) is 7.44. The molecule has 0 aliphatic rings. The van der Waals surface area contributed by atoms with Gasteiger partial charge >= 0.3 is 0 Å². The van der Waals surface area contributed by atoms with Gasteiger partial charge in [0, 0.05) is 24.4 Å². The van der Waals surface area contributed by atoms with Crippen molar-refractivity contribution in [3.63, 3.8) is 0 Å². The molecule has 3 heteroatoms. The standard InChI is InChI=1S/C10H18N2O/c1-5-10(13)9(8(4)11)6-12-7(2)3/h6-7H,5,11H2,1-4H3/b9-8+,12-6?. The van der Waals surface area contributed by atoms with E-state index in [-0.39, 0.29) is 11.8 Å². The number of carbonyl (C=O) groups is 1. The zero-order chi connectivity index (χ0) is 10.4. The van der Waals surface area contributed by atoms with Crippen LogP contribution in [0.4, 0.5) is 0 Å². The third-order valence-electron chi connectivity index (χ3n) is 1.55. The summed E-state index contributed by atoms with van der Waals surface area (Å²) < 4.78 is 0. The Morgan fingerprint density at radius 1 is 1.54 bits per heavy atom. The number of hydrogen-bond acceptors (Lipinski definition) is 3. The van der Waals surface area contributed by atoms with Gasteiger partial charge in [0.15, 0.2) is 5.78 Å². The van der Waals surface area contributed by atoms with Crippen LogP contribution in [0.25, 0.3) is 0 Å². The van der Waals surface area contributed by atoms with Crippen molar-refractivity contribution in [2.24, 2.45) is 10.7 Å². The second-order valence-corrected chi connectivity index (χ2v) is 3.25. The summed E-state index contributed by atoms with van der Waals surface area (Å²) in [5.41, 5.74) is 6.64. The fourth-order valence-electron chi connectivity index (χ4n) is 0.808. The molecule has 0 fully saturated rings. The van der Waals surface area contributed by atoms with E-state index in [0.717, 1.165) is 0 Å². The van der Waals surface area contributed by atoms with Crippen molar-refractivity contribution in [1.82, 2.24) is 0 Å². The molecule has 0 aliphatic heterocycles. The molecule has 0 aromatic carbocycles. The van der Waals surface area contributed by atoms with Crippen LogP contribution in [0.5, 0.6) is 0 Å². The van der Waals surface area contributed by atoms with Crippen molar-refractivity contribution in [1.29, 1.82) is 0 Å². The second kappa shape index (κ2) is 5.51. The van der Waals surface area contributed by atoms with Crippen LogP contribution in [0.1, 0.15) is 34.1 Å². The topological polar surface area (TPSA) is 55.5 Å². The number of rotatable bonds is 4. The Morgan fingerprint density at radius 3 is 2.38 bits per heavy atom. The highest BCUT2D eigenvalue weighted by Crippen LogP contribution is 2.01. The van der Waals surface area contributed by atoms with Gasteiger partial charge in [-0.25, -0.2) is 0 Å². The van der Waals surface area contributed by atoms with Gasteiger partial charge in [-0.05, 0) is 20.8 Å². The summed E-state index contributed by atoms with van der Waals surface area (Å²) in [5, 5.41) is 0. The fraction of sp³-hybridized carbons (Fsp3) is 0.600. The number of ketones is 1. The van der Waals surface area contributed by atoms with Gasteiger partial charge in [-0.3, -0.25) is 9.79 Å². The third kappa shape index (κ3) is 4.45. The number of carbonyl (C=O) groups excluding carboxylic acids is 1. The molecule has 0 heterocycles. The smallest absolute Gasteiger partial charge is 0.165 e. The quantitative estimate of drug-likeness (QED) is 0.531. The molecule has 0 rings (SSSR count). The van der Waals surface area contributed by atoms with Gasteiger partial charge in [0.1, 0.15) is 0 Å². The van der Waals surface area contributed by atoms with Crippen LogP contribution in [0.3, 0.4) is 0 Å². The van der Waals surface area contributed by atoms with Gasteiger partial charge in [-0.1, -0.05) is 6.92 Å². The average molecular weight is 182 g/mol. The lowest BCUT2D eigenvalue weighted by Crippen LogP contribution is -2.10. The molecule has 2 N–H and O–H groups in total. The molecule has 0 unspecified atom stereocenters. The Hall–Kier alpha value is -1.12. The maximum absolute atomic E-state index is 11.3. The molecule has 0 atom stereocenters. The molecular weight excluding hydrogens is 164 g/mol. The van der Waals surface area contributed by atoms with Crippen molar-refractivity contribution >= 4 is 12.0 Å². The lowest BCUT2D eigenvalue weighted by molar-refractivity contribution is -0.114. The summed E-state index contributed by atoms with van der Waals surface area (Å²) in [6, 6.07) is 0.194. The van der Waals surface area contributed by atoms with E-state index in [9.17, 15) is 4.79 Å². The minimum absolute atomic E-state index is 0.0457. The first-order valence-electron chi connectivity index (χ1n) is 4.51. The molecule has 0 saturated heterocycles. The predicted octanol–water partition coefficient (Wildman–Crippen LogP) is 1.68. The van der Waals surface area contributed by atoms with E-state index < -0.39 is 0 Å². The van der Waals surface area contributed by atoms with Crippen LogP contribution in [0, 0.1) is 0 Å². The van der Waals surface area contributed by atoms with Gasteiger partial charge in [0.05, 0.1) is 5.57 Å². The zero-order valence-electron chi connectivity index (χ0n) is 8.79. The zero-order valence-corrected chi connectivity index (χ0v) is 8.79. The van der Waals surface area contributed by atoms with Crippen LogP contribution in [0.15, 0.2) is 16.3 Å². The van der Waals surface area contributed by atoms with Crippen molar-refractivity contribution in [2.75, 3.05) is 0 Å². The molecule has 0 aromatic heterocycles. The van der Waals surface area contributed by atoms with E-state index in [1.54, 1.807) is 13.1 Å². The SMILES string of the molecule is CCC(=O)/C(C=NC(C)C)=C(\C)N. The second-order valence-electron chi connectivity index (χ2n) is 3.25. The fourth-order valence-corrected chi connectivity index (χ4v) is 0.808. The largest absolute Gasteiger partial charge is 0.402 e. The summed E-state index contributed by atoms with van der Waals surface area (Å²) in [7, 11) is 0. The Morgan fingerprint density at radius 2 is 2.08 bits per heavy atom. The first kappa shape index (κ1) is 11.9. The Balaban J connectivity index is 4.67. The van der Waals surface area contributed by atoms with E-state index in [1.807, 2.05) is 20.8 Å². The maximum atomic E-state index is 11.3. The normalized spacial score (nSPS) is 13.6. The molecule has 0 radical (unpaired) electrons. The van der Waals surface area contributed by atoms with Gasteiger partial charge in [0.25, 0.3) is 0 Å². The Kier molecular flexibility index (Phi) is 5.04. The van der Waals surface area contributed by atoms with Crippen LogP contribution in [-0.4, -0.2) is 18.0 Å². The van der Waals surface area contributed by atoms with Crippen LogP contribution >= 0.6 is 0 Å². The first-order chi connectivity index (χ1) is 5.99. The predicted molar refractivity (Wildman–Crippen MR) is 55.8 cm³/mol. The summed E-state index contributed by atoms with van der Waals surface area (Å²) in [5.74, 6) is 0.0457. The minimum atomic E-state index is 0.0457. The summed E-state index contributed by atoms with van der Waals surface area (Å²) in [4.78, 5) is 15.5. The van der Waals surface area contributed by atoms with Crippen molar-refractivity contribution in [2.45, 2.75) is 40.2 Å². The molecule has 0 spiro atoms. The first-order valence-corrected chi connectivity index (χ1v) is 4.51. The summed E-state index contributed by atoms with van der Waals surface area (Å²) in [6.07, 6.45) is 2.04. The molecule has 13 heavy (non-hydrogen) atoms. The molecule has 0 aliphatic carbocycles. The van der Waals surface area contributed by atoms with Crippen molar-refractivity contribution in [3.8, 4) is 0 Å². The molecular formula is C10H18N2O. The number of aliphatic imine (C=N–C) groups is 1. The van der Waals surface area contributed by atoms with E-state index in [2.05, 4.69) is 4.99 Å². The van der Waals surface area contributed by atoms with Crippen LogP contribution in [0.2, 0.25) is 0 Å². The number of allylic oxidation sites excluding steroid dienone is 2. The van der Waals surface area contributed by atoms with E-state index in [1.165, 1.54) is 0 Å². The average Bonchev–Trinajstić information content (AvgIpc) is 2.03. The maximum Gasteiger partial charge on any atom is 0.165 e. The number of hydrogen-bond donors (Lipinski definition) is 1. The van der Waals surface area contributed by atoms with Crippen molar-refractivity contribution in [3.05, 3.63) is 11.3 Å². The van der Waals surface area contributed by atoms with E-state index >= 15 is 0 Å². The minimum Gasteiger partial charge on any atom is -0.402 e. The highest BCUT2D eigenvalue weighted by Gasteiger charge is 2.06. The Bertz CT molecular complexity index is 235. The van der Waals surface area contributed by atoms with Gasteiger partial charge in [0.2, 0.25) is 0 Å². The van der Waals surface area contributed by atoms with E-state index in [0.29, 0.717) is 17.7 Å². The van der Waals surface area contributed by atoms with E-state index in [4.69, 9.17) is 5.73 Å². The molecule has 0 saturated carbocycles. The van der Waals surface area contributed by atoms with Crippen LogP contribution in [-0.2, 0) is 4.79 Å². The molecule has 74 valence electrons. The van der Waals surface area contributed by atoms with Gasteiger partial charge in [-0.15, -0.1) is 0 Å². The molecule has 0 bridgehead atoms. The number of nitrogens with two attached hydrogens (primary N) is 1. The molecule has 0 aromatic rings. The highest BCUT2D eigenvalue weighted by molar-refractivity contribution is 6.13. The molecule has 3 nitrogen and oxygen atoms in total. The van der Waals surface area contributed by atoms with Crippen LogP contribution < -0.4 is 5.73 Å². The third-order valence-corrected chi connectivity index (χ3v) is 1.55. The highest BCUT2D eigenvalue weighted by atomic mass is 16.1. The lowest BCUT2D eigenvalue weighted by Gasteiger charge is -2.02. The lowest BCUT2D eigenvalue weighted by atomic mass is 10.1. The molecule has 0 amide bonds. The van der Waals surface area contributed by atoms with Gasteiger partial charge in [-0.2, -0.15) is 0 Å². The number of Topliss-reactive ketones (excluding diaryl/α,β-unsaturated/α-hetero) is 1. The monoisotopic (exact) mass is 182 g/mol. The van der Waals surface area contributed by atoms with Crippen molar-refractivity contribution < 1.29 is 4.79 Å². The number of nitrogens with zero attached hydrogens (tertiary/aromatic N) is 1. The summed E-state index contributed by atoms with van der Waals surface area (Å²) >= 11 is 0.